The third kappa shape index (κ3) is 4.09. The van der Waals surface area contributed by atoms with Crippen LogP contribution >= 0.6 is 23.6 Å². The zero-order chi connectivity index (χ0) is 23.0. The van der Waals surface area contributed by atoms with E-state index in [1.807, 2.05) is 12.1 Å². The summed E-state index contributed by atoms with van der Waals surface area (Å²) in [6, 6.07) is 20.6. The molecule has 3 aromatic rings. The number of likely N-dealkylation sites (N-methyl/N-ethyl adjacent to an activating group) is 2. The van der Waals surface area contributed by atoms with Crippen LogP contribution in [-0.2, 0) is 9.59 Å². The summed E-state index contributed by atoms with van der Waals surface area (Å²) in [5.74, 6) is -0.774. The largest absolute Gasteiger partial charge is 0.302 e. The number of thiocarbonyl (C=S) groups is 1. The second-order valence-corrected chi connectivity index (χ2v) is 9.21. The lowest BCUT2D eigenvalue weighted by Gasteiger charge is -2.31. The molecule has 7 heteroatoms. The van der Waals surface area contributed by atoms with E-state index in [-0.39, 0.29) is 22.5 Å². The van der Waals surface area contributed by atoms with E-state index in [2.05, 4.69) is 67.3 Å². The van der Waals surface area contributed by atoms with Crippen LogP contribution in [0.3, 0.4) is 0 Å². The van der Waals surface area contributed by atoms with Crippen LogP contribution in [-0.4, -0.2) is 40.8 Å². The van der Waals surface area contributed by atoms with Gasteiger partial charge < -0.3 is 4.90 Å². The molecule has 1 fully saturated rings. The molecule has 0 spiro atoms. The number of thiophene rings is 1. The molecule has 32 heavy (non-hydrogen) atoms. The predicted molar refractivity (Wildman–Crippen MR) is 135 cm³/mol. The quantitative estimate of drug-likeness (QED) is 0.295. The van der Waals surface area contributed by atoms with Crippen molar-refractivity contribution in [3.05, 3.63) is 82.2 Å². The van der Waals surface area contributed by atoms with E-state index < -0.39 is 0 Å². The van der Waals surface area contributed by atoms with Gasteiger partial charge in [0.25, 0.3) is 11.8 Å². The fourth-order valence-corrected chi connectivity index (χ4v) is 4.61. The van der Waals surface area contributed by atoms with E-state index in [0.29, 0.717) is 0 Å². The van der Waals surface area contributed by atoms with E-state index in [4.69, 9.17) is 12.2 Å². The highest BCUT2D eigenvalue weighted by atomic mass is 32.1. The standard InChI is InChI=1S/C25H23N3O2S2/c1-16-5-9-18(10-6-16)28(19-11-7-17(2)8-12-19)22-14-13-20(32-22)15-21-23(29)26(3)25(31)27(4)24(21)30/h5-15H,1-4H3. The zero-order valence-electron chi connectivity index (χ0n) is 18.3. The van der Waals surface area contributed by atoms with Gasteiger partial charge >= 0.3 is 0 Å². The minimum absolute atomic E-state index is 0.106. The van der Waals surface area contributed by atoms with Crippen molar-refractivity contribution in [3.8, 4) is 0 Å². The number of hydrogen-bond donors (Lipinski definition) is 0. The predicted octanol–water partition coefficient (Wildman–Crippen LogP) is 5.43. The van der Waals surface area contributed by atoms with Crippen molar-refractivity contribution in [2.45, 2.75) is 13.8 Å². The molecule has 1 aliphatic heterocycles. The van der Waals surface area contributed by atoms with E-state index in [9.17, 15) is 9.59 Å². The summed E-state index contributed by atoms with van der Waals surface area (Å²) in [6.45, 7) is 4.13. The van der Waals surface area contributed by atoms with Gasteiger partial charge in [0.1, 0.15) is 10.6 Å². The van der Waals surface area contributed by atoms with E-state index in [0.717, 1.165) is 21.3 Å². The van der Waals surface area contributed by atoms with Crippen LogP contribution in [0.1, 0.15) is 16.0 Å². The molecule has 0 aliphatic carbocycles. The molecule has 5 nitrogen and oxygen atoms in total. The fourth-order valence-electron chi connectivity index (χ4n) is 3.45. The summed E-state index contributed by atoms with van der Waals surface area (Å²) in [6.07, 6.45) is 1.65. The van der Waals surface area contributed by atoms with E-state index in [1.54, 1.807) is 20.2 Å². The van der Waals surface area contributed by atoms with Crippen molar-refractivity contribution in [2.24, 2.45) is 0 Å². The minimum atomic E-state index is -0.387. The summed E-state index contributed by atoms with van der Waals surface area (Å²) >= 11 is 6.68. The molecule has 1 aromatic heterocycles. The van der Waals surface area contributed by atoms with Crippen LogP contribution in [0.4, 0.5) is 16.4 Å². The number of anilines is 3. The maximum absolute atomic E-state index is 12.7. The molecule has 2 aromatic carbocycles. The van der Waals surface area contributed by atoms with Gasteiger partial charge in [-0.15, -0.1) is 11.3 Å². The Morgan fingerprint density at radius 3 is 1.72 bits per heavy atom. The van der Waals surface area contributed by atoms with Gasteiger partial charge in [-0.25, -0.2) is 0 Å². The lowest BCUT2D eigenvalue weighted by atomic mass is 10.1. The molecule has 2 heterocycles. The van der Waals surface area contributed by atoms with Crippen molar-refractivity contribution in [2.75, 3.05) is 19.0 Å². The van der Waals surface area contributed by atoms with Gasteiger partial charge in [0.15, 0.2) is 5.11 Å². The number of benzene rings is 2. The van der Waals surface area contributed by atoms with Gasteiger partial charge in [-0.2, -0.15) is 0 Å². The molecule has 0 N–H and O–H groups in total. The highest BCUT2D eigenvalue weighted by Gasteiger charge is 2.35. The Kier molecular flexibility index (Phi) is 5.95. The van der Waals surface area contributed by atoms with Crippen LogP contribution in [0.25, 0.3) is 6.08 Å². The number of nitrogens with zero attached hydrogens (tertiary/aromatic N) is 3. The fraction of sp³-hybridized carbons (Fsp3) is 0.160. The van der Waals surface area contributed by atoms with Gasteiger partial charge in [0.2, 0.25) is 0 Å². The number of rotatable bonds is 4. The van der Waals surface area contributed by atoms with Gasteiger partial charge in [0, 0.05) is 30.3 Å². The number of aryl methyl sites for hydroxylation is 2. The summed E-state index contributed by atoms with van der Waals surface area (Å²) in [7, 11) is 3.16. The molecule has 0 bridgehead atoms. The topological polar surface area (TPSA) is 43.9 Å². The number of carbonyl (C=O) groups excluding carboxylic acids is 2. The third-order valence-electron chi connectivity index (χ3n) is 5.35. The normalized spacial score (nSPS) is 14.2. The molecule has 162 valence electrons. The van der Waals surface area contributed by atoms with Crippen LogP contribution < -0.4 is 4.90 Å². The molecule has 0 unspecified atom stereocenters. The Balaban J connectivity index is 1.75. The SMILES string of the molecule is Cc1ccc(N(c2ccc(C)cc2)c2ccc(C=C3C(=O)N(C)C(=S)N(C)C3=O)s2)cc1. The number of carbonyl (C=O) groups is 2. The van der Waals surface area contributed by atoms with Gasteiger partial charge in [-0.05, 0) is 68.5 Å². The average Bonchev–Trinajstić information content (AvgIpc) is 3.25. The van der Waals surface area contributed by atoms with Gasteiger partial charge in [0.05, 0.1) is 0 Å². The second-order valence-electron chi connectivity index (χ2n) is 7.75. The Labute approximate surface area is 197 Å². The van der Waals surface area contributed by atoms with Crippen molar-refractivity contribution in [3.63, 3.8) is 0 Å². The number of hydrogen-bond acceptors (Lipinski definition) is 5. The van der Waals surface area contributed by atoms with Crippen LogP contribution in [0.2, 0.25) is 0 Å². The monoisotopic (exact) mass is 461 g/mol. The third-order valence-corrected chi connectivity index (χ3v) is 6.91. The van der Waals surface area contributed by atoms with Crippen LogP contribution in [0.5, 0.6) is 0 Å². The van der Waals surface area contributed by atoms with E-state index >= 15 is 0 Å². The van der Waals surface area contributed by atoms with Crippen molar-refractivity contribution in [1.29, 1.82) is 0 Å². The highest BCUT2D eigenvalue weighted by Crippen LogP contribution is 2.39. The lowest BCUT2D eigenvalue weighted by Crippen LogP contribution is -2.52. The smallest absolute Gasteiger partial charge is 0.265 e. The Hall–Kier alpha value is -3.29. The molecule has 0 saturated carbocycles. The number of amides is 2. The average molecular weight is 462 g/mol. The molecule has 2 amide bonds. The molecular weight excluding hydrogens is 438 g/mol. The zero-order valence-corrected chi connectivity index (χ0v) is 20.0. The maximum atomic E-state index is 12.7. The summed E-state index contributed by atoms with van der Waals surface area (Å²) in [4.78, 5) is 30.9. The van der Waals surface area contributed by atoms with Crippen LogP contribution in [0, 0.1) is 13.8 Å². The second kappa shape index (κ2) is 8.68. The summed E-state index contributed by atoms with van der Waals surface area (Å²) < 4.78 is 0. The lowest BCUT2D eigenvalue weighted by molar-refractivity contribution is -0.132. The summed E-state index contributed by atoms with van der Waals surface area (Å²) in [5, 5.41) is 1.19. The summed E-state index contributed by atoms with van der Waals surface area (Å²) in [5.41, 5.74) is 4.56. The molecular formula is C25H23N3O2S2. The first-order valence-electron chi connectivity index (χ1n) is 10.1. The highest BCUT2D eigenvalue weighted by molar-refractivity contribution is 7.80. The molecule has 4 rings (SSSR count). The Morgan fingerprint density at radius 2 is 1.25 bits per heavy atom. The Bertz CT molecular complexity index is 1160. The van der Waals surface area contributed by atoms with Gasteiger partial charge in [-0.1, -0.05) is 35.4 Å². The van der Waals surface area contributed by atoms with Gasteiger partial charge in [-0.3, -0.25) is 19.4 Å². The minimum Gasteiger partial charge on any atom is -0.302 e. The molecule has 0 atom stereocenters. The first kappa shape index (κ1) is 21.9. The molecule has 1 aliphatic rings. The first-order valence-corrected chi connectivity index (χ1v) is 11.3. The van der Waals surface area contributed by atoms with Crippen molar-refractivity contribution < 1.29 is 9.59 Å². The van der Waals surface area contributed by atoms with Crippen molar-refractivity contribution in [1.82, 2.24) is 9.80 Å². The molecule has 1 saturated heterocycles. The molecule has 0 radical (unpaired) electrons. The maximum Gasteiger partial charge on any atom is 0.265 e. The van der Waals surface area contributed by atoms with Crippen molar-refractivity contribution >= 4 is 62.9 Å². The van der Waals surface area contributed by atoms with E-state index in [1.165, 1.54) is 32.3 Å². The Morgan fingerprint density at radius 1 is 0.781 bits per heavy atom. The first-order chi connectivity index (χ1) is 15.3. The van der Waals surface area contributed by atoms with Crippen LogP contribution in [0.15, 0.2) is 66.2 Å².